The highest BCUT2D eigenvalue weighted by Crippen LogP contribution is 2.19. The second-order valence-corrected chi connectivity index (χ2v) is 4.01. The van der Waals surface area contributed by atoms with Crippen LogP contribution in [0.4, 0.5) is 13.2 Å². The van der Waals surface area contributed by atoms with Gasteiger partial charge in [0, 0.05) is 25.7 Å². The number of halogens is 3. The second-order valence-electron chi connectivity index (χ2n) is 4.01. The number of alkyl halides is 3. The zero-order valence-electron chi connectivity index (χ0n) is 8.68. The third-order valence-electron chi connectivity index (χ3n) is 2.38. The maximum atomic E-state index is 10.6. The third-order valence-corrected chi connectivity index (χ3v) is 2.38. The van der Waals surface area contributed by atoms with Gasteiger partial charge in [-0.2, -0.15) is 13.2 Å². The summed E-state index contributed by atoms with van der Waals surface area (Å²) in [6.45, 7) is 3.72. The molecule has 4 nitrogen and oxygen atoms in total. The van der Waals surface area contributed by atoms with E-state index in [1.54, 1.807) is 0 Å². The van der Waals surface area contributed by atoms with Crippen molar-refractivity contribution in [2.24, 2.45) is 5.92 Å². The Kier molecular flexibility index (Phi) is 4.55. The molecule has 1 saturated heterocycles. The molecule has 2 aliphatic rings. The van der Waals surface area contributed by atoms with Crippen LogP contribution in [0.15, 0.2) is 0 Å². The number of rotatable bonds is 3. The molecule has 16 heavy (non-hydrogen) atoms. The molecule has 0 spiro atoms. The molecule has 1 heterocycles. The highest BCUT2D eigenvalue weighted by molar-refractivity contribution is 5.73. The Labute approximate surface area is 91.2 Å². The van der Waals surface area contributed by atoms with E-state index in [1.807, 2.05) is 0 Å². The van der Waals surface area contributed by atoms with Crippen molar-refractivity contribution in [3.63, 3.8) is 0 Å². The van der Waals surface area contributed by atoms with E-state index in [4.69, 9.17) is 9.90 Å². The van der Waals surface area contributed by atoms with E-state index in [9.17, 15) is 13.2 Å². The first-order valence-electron chi connectivity index (χ1n) is 5.14. The van der Waals surface area contributed by atoms with Crippen molar-refractivity contribution in [3.8, 4) is 0 Å². The van der Waals surface area contributed by atoms with Gasteiger partial charge in [-0.1, -0.05) is 0 Å². The summed E-state index contributed by atoms with van der Waals surface area (Å²) in [6, 6.07) is 0.894. The van der Waals surface area contributed by atoms with E-state index in [1.165, 1.54) is 32.5 Å². The van der Waals surface area contributed by atoms with Crippen LogP contribution in [0.1, 0.15) is 12.8 Å². The van der Waals surface area contributed by atoms with Crippen LogP contribution in [-0.4, -0.2) is 42.9 Å². The quantitative estimate of drug-likeness (QED) is 0.675. The molecule has 0 aromatic rings. The number of hydrogen-bond donors (Lipinski definition) is 3. The van der Waals surface area contributed by atoms with E-state index in [2.05, 4.69) is 10.6 Å². The minimum absolute atomic E-state index is 0.894. The fourth-order valence-corrected chi connectivity index (χ4v) is 1.11. The van der Waals surface area contributed by atoms with Gasteiger partial charge >= 0.3 is 12.1 Å². The number of carboxylic acid groups (broad SMARTS) is 1. The average molecular weight is 240 g/mol. The Morgan fingerprint density at radius 1 is 1.38 bits per heavy atom. The van der Waals surface area contributed by atoms with Crippen LogP contribution >= 0.6 is 0 Å². The summed E-state index contributed by atoms with van der Waals surface area (Å²) in [5.41, 5.74) is 0. The maximum Gasteiger partial charge on any atom is 0.490 e. The highest BCUT2D eigenvalue weighted by atomic mass is 19.4. The number of hydrogen-bond acceptors (Lipinski definition) is 3. The molecule has 1 saturated carbocycles. The number of aliphatic carboxylic acids is 1. The van der Waals surface area contributed by atoms with Crippen molar-refractivity contribution < 1.29 is 23.1 Å². The molecular weight excluding hydrogens is 225 g/mol. The van der Waals surface area contributed by atoms with Crippen LogP contribution in [0, 0.1) is 5.92 Å². The molecule has 0 aromatic carbocycles. The van der Waals surface area contributed by atoms with Crippen molar-refractivity contribution in [2.75, 3.05) is 19.6 Å². The predicted molar refractivity (Wildman–Crippen MR) is 51.1 cm³/mol. The van der Waals surface area contributed by atoms with Crippen molar-refractivity contribution in [1.29, 1.82) is 0 Å². The molecule has 0 atom stereocenters. The van der Waals surface area contributed by atoms with Gasteiger partial charge in [-0.15, -0.1) is 0 Å². The van der Waals surface area contributed by atoms with Crippen LogP contribution in [0.5, 0.6) is 0 Å². The lowest BCUT2D eigenvalue weighted by Gasteiger charge is -2.27. The minimum atomic E-state index is -5.08. The number of carboxylic acids is 1. The molecule has 0 unspecified atom stereocenters. The Bertz CT molecular complexity index is 237. The smallest absolute Gasteiger partial charge is 0.475 e. The maximum absolute atomic E-state index is 10.6. The van der Waals surface area contributed by atoms with Crippen molar-refractivity contribution in [1.82, 2.24) is 10.6 Å². The minimum Gasteiger partial charge on any atom is -0.475 e. The standard InChI is InChI=1S/C7H14N2.C2HF3O2/c1-2-7(1)9-5-6-3-8-4-6;3-2(4,5)1(6)7/h6-9H,1-5H2;(H,6,7). The molecular formula is C9H15F3N2O2. The van der Waals surface area contributed by atoms with Crippen LogP contribution in [0.2, 0.25) is 0 Å². The van der Waals surface area contributed by atoms with E-state index in [-0.39, 0.29) is 0 Å². The normalized spacial score (nSPS) is 20.7. The first-order valence-corrected chi connectivity index (χ1v) is 5.14. The molecule has 94 valence electrons. The summed E-state index contributed by atoms with van der Waals surface area (Å²) >= 11 is 0. The topological polar surface area (TPSA) is 61.4 Å². The zero-order valence-corrected chi connectivity index (χ0v) is 8.68. The lowest BCUT2D eigenvalue weighted by atomic mass is 10.0. The lowest BCUT2D eigenvalue weighted by Crippen LogP contribution is -2.47. The number of nitrogens with one attached hydrogen (secondary N) is 2. The monoisotopic (exact) mass is 240 g/mol. The summed E-state index contributed by atoms with van der Waals surface area (Å²) in [5.74, 6) is -1.82. The first kappa shape index (κ1) is 13.2. The molecule has 1 aliphatic heterocycles. The van der Waals surface area contributed by atoms with E-state index < -0.39 is 12.1 Å². The molecule has 0 radical (unpaired) electrons. The molecule has 2 fully saturated rings. The van der Waals surface area contributed by atoms with E-state index in [0.29, 0.717) is 0 Å². The van der Waals surface area contributed by atoms with Gasteiger partial charge in [0.05, 0.1) is 0 Å². The van der Waals surface area contributed by atoms with E-state index >= 15 is 0 Å². The summed E-state index contributed by atoms with van der Waals surface area (Å²) in [5, 5.41) is 13.9. The number of carbonyl (C=O) groups is 1. The van der Waals surface area contributed by atoms with Crippen LogP contribution < -0.4 is 10.6 Å². The molecule has 0 bridgehead atoms. The SMILES string of the molecule is C1NCC1CNC1CC1.O=C(O)C(F)(F)F. The van der Waals surface area contributed by atoms with Crippen LogP contribution in [-0.2, 0) is 4.79 Å². The zero-order chi connectivity index (χ0) is 12.2. The van der Waals surface area contributed by atoms with Gasteiger partial charge in [-0.25, -0.2) is 4.79 Å². The largest absolute Gasteiger partial charge is 0.490 e. The first-order chi connectivity index (χ1) is 7.39. The van der Waals surface area contributed by atoms with Gasteiger partial charge in [0.15, 0.2) is 0 Å². The Balaban J connectivity index is 0.000000168. The van der Waals surface area contributed by atoms with Gasteiger partial charge in [-0.05, 0) is 18.8 Å². The van der Waals surface area contributed by atoms with Crippen LogP contribution in [0.25, 0.3) is 0 Å². The van der Waals surface area contributed by atoms with Gasteiger partial charge < -0.3 is 15.7 Å². The fraction of sp³-hybridized carbons (Fsp3) is 0.889. The van der Waals surface area contributed by atoms with Crippen molar-refractivity contribution in [3.05, 3.63) is 0 Å². The van der Waals surface area contributed by atoms with Gasteiger partial charge in [-0.3, -0.25) is 0 Å². The van der Waals surface area contributed by atoms with Crippen LogP contribution in [0.3, 0.4) is 0 Å². The van der Waals surface area contributed by atoms with Gasteiger partial charge in [0.1, 0.15) is 0 Å². The molecule has 0 amide bonds. The summed E-state index contributed by atoms with van der Waals surface area (Å²) in [7, 11) is 0. The average Bonchev–Trinajstić information content (AvgIpc) is 2.84. The second kappa shape index (κ2) is 5.49. The van der Waals surface area contributed by atoms with Crippen molar-refractivity contribution >= 4 is 5.97 Å². The molecule has 2 rings (SSSR count). The van der Waals surface area contributed by atoms with Gasteiger partial charge in [0.2, 0.25) is 0 Å². The van der Waals surface area contributed by atoms with Crippen molar-refractivity contribution in [2.45, 2.75) is 25.1 Å². The summed E-state index contributed by atoms with van der Waals surface area (Å²) in [6.07, 6.45) is -2.25. The molecule has 0 aromatic heterocycles. The Hall–Kier alpha value is -0.820. The Morgan fingerprint density at radius 2 is 1.88 bits per heavy atom. The third kappa shape index (κ3) is 5.32. The van der Waals surface area contributed by atoms with E-state index in [0.717, 1.165) is 12.0 Å². The van der Waals surface area contributed by atoms with Gasteiger partial charge in [0.25, 0.3) is 0 Å². The molecule has 3 N–H and O–H groups in total. The lowest BCUT2D eigenvalue weighted by molar-refractivity contribution is -0.192. The Morgan fingerprint density at radius 3 is 2.12 bits per heavy atom. The predicted octanol–water partition coefficient (Wildman–Crippen LogP) is 0.591. The molecule has 7 heteroatoms. The summed E-state index contributed by atoms with van der Waals surface area (Å²) < 4.78 is 31.7. The summed E-state index contributed by atoms with van der Waals surface area (Å²) in [4.78, 5) is 8.90. The highest BCUT2D eigenvalue weighted by Gasteiger charge is 2.38. The fourth-order valence-electron chi connectivity index (χ4n) is 1.11. The molecule has 1 aliphatic carbocycles.